The summed E-state index contributed by atoms with van der Waals surface area (Å²) in [7, 11) is 0. The molecule has 3 N–H and O–H groups in total. The third-order valence-electron chi connectivity index (χ3n) is 4.84. The van der Waals surface area contributed by atoms with Crippen LogP contribution in [0.3, 0.4) is 0 Å². The molecule has 146 valence electrons. The first kappa shape index (κ1) is 19.3. The second-order valence-corrected chi connectivity index (χ2v) is 6.84. The Hall–Kier alpha value is -2.47. The number of nitrogens with zero attached hydrogens (tertiary/aromatic N) is 2. The number of hydrogen-bond acceptors (Lipinski definition) is 4. The van der Waals surface area contributed by atoms with E-state index in [2.05, 4.69) is 22.5 Å². The van der Waals surface area contributed by atoms with E-state index in [9.17, 15) is 5.11 Å². The smallest absolute Gasteiger partial charge is 0.191 e. The lowest BCUT2D eigenvalue weighted by atomic mass is 10.1. The first-order valence-electron chi connectivity index (χ1n) is 9.84. The van der Waals surface area contributed by atoms with Gasteiger partial charge in [0.2, 0.25) is 0 Å². The summed E-state index contributed by atoms with van der Waals surface area (Å²) < 4.78 is 5.68. The minimum atomic E-state index is 0.184. The zero-order valence-electron chi connectivity index (χ0n) is 16.0. The Balaban J connectivity index is 1.59. The molecule has 2 heterocycles. The van der Waals surface area contributed by atoms with Crippen LogP contribution in [0.2, 0.25) is 0 Å². The van der Waals surface area contributed by atoms with Crippen LogP contribution in [0.1, 0.15) is 37.1 Å². The van der Waals surface area contributed by atoms with Crippen molar-refractivity contribution < 1.29 is 9.52 Å². The maximum atomic E-state index is 9.58. The van der Waals surface area contributed by atoms with Crippen LogP contribution in [0.4, 0.5) is 0 Å². The number of phenolic OH excluding ortho intramolecular Hbond substituents is 1. The monoisotopic (exact) mass is 370 g/mol. The number of rotatable bonds is 8. The molecule has 0 amide bonds. The summed E-state index contributed by atoms with van der Waals surface area (Å²) in [6, 6.07) is 11.5. The van der Waals surface area contributed by atoms with E-state index in [1.807, 2.05) is 24.3 Å². The normalized spacial score (nSPS) is 16.4. The number of hydrogen-bond donors (Lipinski definition) is 3. The van der Waals surface area contributed by atoms with Gasteiger partial charge in [0.25, 0.3) is 0 Å². The van der Waals surface area contributed by atoms with Gasteiger partial charge in [-0.3, -0.25) is 9.89 Å². The lowest BCUT2D eigenvalue weighted by Gasteiger charge is -2.24. The Morgan fingerprint density at radius 1 is 1.22 bits per heavy atom. The van der Waals surface area contributed by atoms with Gasteiger partial charge >= 0.3 is 0 Å². The Bertz CT molecular complexity index is 709. The van der Waals surface area contributed by atoms with E-state index >= 15 is 0 Å². The zero-order valence-corrected chi connectivity index (χ0v) is 16.0. The molecule has 0 saturated carbocycles. The van der Waals surface area contributed by atoms with Gasteiger partial charge in [0.15, 0.2) is 5.96 Å². The SMILES string of the molecule is CCNC(=NCC(c1ccco1)N1CCCC1)NCCc1cccc(O)c1. The third-order valence-corrected chi connectivity index (χ3v) is 4.84. The molecular weight excluding hydrogens is 340 g/mol. The molecule has 1 aliphatic heterocycles. The van der Waals surface area contributed by atoms with Crippen molar-refractivity contribution in [3.63, 3.8) is 0 Å². The number of guanidine groups is 1. The molecule has 1 aliphatic rings. The molecule has 0 spiro atoms. The van der Waals surface area contributed by atoms with Gasteiger partial charge in [0.05, 0.1) is 18.8 Å². The van der Waals surface area contributed by atoms with Crippen LogP contribution in [-0.2, 0) is 6.42 Å². The van der Waals surface area contributed by atoms with Crippen molar-refractivity contribution in [2.45, 2.75) is 32.2 Å². The molecule has 1 aromatic carbocycles. The summed E-state index contributed by atoms with van der Waals surface area (Å²) in [6.07, 6.45) is 5.04. The van der Waals surface area contributed by atoms with Crippen molar-refractivity contribution in [3.05, 3.63) is 54.0 Å². The van der Waals surface area contributed by atoms with Crippen molar-refractivity contribution >= 4 is 5.96 Å². The number of aromatic hydroxyl groups is 1. The Kier molecular flexibility index (Phi) is 7.16. The number of furan rings is 1. The van der Waals surface area contributed by atoms with E-state index in [4.69, 9.17) is 9.41 Å². The Morgan fingerprint density at radius 3 is 2.78 bits per heavy atom. The van der Waals surface area contributed by atoms with E-state index in [1.54, 1.807) is 18.4 Å². The Labute approximate surface area is 161 Å². The van der Waals surface area contributed by atoms with Crippen molar-refractivity contribution in [3.8, 4) is 5.75 Å². The van der Waals surface area contributed by atoms with Crippen molar-refractivity contribution in [2.75, 3.05) is 32.7 Å². The summed E-state index contributed by atoms with van der Waals surface area (Å²) in [6.45, 7) is 6.49. The molecule has 1 atom stereocenters. The molecule has 0 aliphatic carbocycles. The second kappa shape index (κ2) is 10.0. The van der Waals surface area contributed by atoms with Gasteiger partial charge in [-0.05, 0) is 69.1 Å². The van der Waals surface area contributed by atoms with Crippen LogP contribution >= 0.6 is 0 Å². The van der Waals surface area contributed by atoms with Gasteiger partial charge in [0.1, 0.15) is 11.5 Å². The molecule has 27 heavy (non-hydrogen) atoms. The molecule has 1 unspecified atom stereocenters. The second-order valence-electron chi connectivity index (χ2n) is 6.84. The summed E-state index contributed by atoms with van der Waals surface area (Å²) in [5, 5.41) is 16.3. The highest BCUT2D eigenvalue weighted by atomic mass is 16.3. The molecule has 0 bridgehead atoms. The largest absolute Gasteiger partial charge is 0.508 e. The fraction of sp³-hybridized carbons (Fsp3) is 0.476. The summed E-state index contributed by atoms with van der Waals surface area (Å²) in [4.78, 5) is 7.26. The highest BCUT2D eigenvalue weighted by Gasteiger charge is 2.25. The quantitative estimate of drug-likeness (QED) is 0.492. The predicted octanol–water partition coefficient (Wildman–Crippen LogP) is 2.92. The predicted molar refractivity (Wildman–Crippen MR) is 108 cm³/mol. The molecule has 1 aromatic heterocycles. The summed E-state index contributed by atoms with van der Waals surface area (Å²) >= 11 is 0. The molecule has 2 aromatic rings. The molecule has 1 fully saturated rings. The zero-order chi connectivity index (χ0) is 18.9. The topological polar surface area (TPSA) is 73.0 Å². The number of aliphatic imine (C=N–C) groups is 1. The van der Waals surface area contributed by atoms with Gasteiger partial charge in [0, 0.05) is 13.1 Å². The van der Waals surface area contributed by atoms with Crippen LogP contribution in [-0.4, -0.2) is 48.7 Å². The van der Waals surface area contributed by atoms with Crippen molar-refractivity contribution in [2.24, 2.45) is 4.99 Å². The highest BCUT2D eigenvalue weighted by molar-refractivity contribution is 5.79. The van der Waals surface area contributed by atoms with E-state index in [0.717, 1.165) is 49.9 Å². The number of nitrogens with one attached hydrogen (secondary N) is 2. The van der Waals surface area contributed by atoms with Crippen molar-refractivity contribution in [1.82, 2.24) is 15.5 Å². The molecule has 6 heteroatoms. The van der Waals surface area contributed by atoms with Gasteiger partial charge in [-0.25, -0.2) is 0 Å². The van der Waals surface area contributed by atoms with Crippen LogP contribution in [0.25, 0.3) is 0 Å². The fourth-order valence-corrected chi connectivity index (χ4v) is 3.48. The van der Waals surface area contributed by atoms with Crippen LogP contribution < -0.4 is 10.6 Å². The highest BCUT2D eigenvalue weighted by Crippen LogP contribution is 2.25. The lowest BCUT2D eigenvalue weighted by molar-refractivity contribution is 0.221. The van der Waals surface area contributed by atoms with Crippen molar-refractivity contribution in [1.29, 1.82) is 0 Å². The standard InChI is InChI=1S/C21H30N4O2/c1-2-22-21(23-11-10-17-7-5-8-18(26)15-17)24-16-19(20-9-6-14-27-20)25-12-3-4-13-25/h5-9,14-15,19,26H,2-4,10-13,16H2,1H3,(H2,22,23,24). The minimum absolute atomic E-state index is 0.184. The average molecular weight is 370 g/mol. The molecule has 1 saturated heterocycles. The average Bonchev–Trinajstić information content (AvgIpc) is 3.36. The van der Waals surface area contributed by atoms with Gasteiger partial charge in [-0.1, -0.05) is 12.1 Å². The number of benzene rings is 1. The number of phenols is 1. The number of likely N-dealkylation sites (tertiary alicyclic amines) is 1. The van der Waals surface area contributed by atoms with E-state index in [1.165, 1.54) is 12.8 Å². The maximum absolute atomic E-state index is 9.58. The first-order chi connectivity index (χ1) is 13.3. The molecule has 6 nitrogen and oxygen atoms in total. The summed E-state index contributed by atoms with van der Waals surface area (Å²) in [5.74, 6) is 2.10. The van der Waals surface area contributed by atoms with E-state index in [0.29, 0.717) is 12.3 Å². The molecular formula is C21H30N4O2. The van der Waals surface area contributed by atoms with Crippen LogP contribution in [0.5, 0.6) is 5.75 Å². The first-order valence-corrected chi connectivity index (χ1v) is 9.84. The van der Waals surface area contributed by atoms with Gasteiger partial charge < -0.3 is 20.2 Å². The maximum Gasteiger partial charge on any atom is 0.191 e. The molecule has 0 radical (unpaired) electrons. The van der Waals surface area contributed by atoms with E-state index < -0.39 is 0 Å². The molecule has 3 rings (SSSR count). The van der Waals surface area contributed by atoms with Gasteiger partial charge in [-0.15, -0.1) is 0 Å². The Morgan fingerprint density at radius 2 is 2.07 bits per heavy atom. The van der Waals surface area contributed by atoms with E-state index in [-0.39, 0.29) is 6.04 Å². The fourth-order valence-electron chi connectivity index (χ4n) is 3.48. The lowest BCUT2D eigenvalue weighted by Crippen LogP contribution is -2.39. The third kappa shape index (κ3) is 5.76. The van der Waals surface area contributed by atoms with Crippen LogP contribution in [0.15, 0.2) is 52.1 Å². The summed E-state index contributed by atoms with van der Waals surface area (Å²) in [5.41, 5.74) is 1.10. The van der Waals surface area contributed by atoms with Gasteiger partial charge in [-0.2, -0.15) is 0 Å². The minimum Gasteiger partial charge on any atom is -0.508 e. The van der Waals surface area contributed by atoms with Crippen LogP contribution in [0, 0.1) is 0 Å².